The van der Waals surface area contributed by atoms with Crippen molar-refractivity contribution >= 4 is 6.08 Å². The van der Waals surface area contributed by atoms with E-state index in [4.69, 9.17) is 0 Å². The maximum Gasteiger partial charge on any atom is 0.0204 e. The molecule has 0 N–H and O–H groups in total. The fourth-order valence-corrected chi connectivity index (χ4v) is 2.14. The van der Waals surface area contributed by atoms with E-state index in [2.05, 4.69) is 74.6 Å². The molecule has 1 unspecified atom stereocenters. The van der Waals surface area contributed by atoms with Crippen LogP contribution in [0.4, 0.5) is 0 Å². The van der Waals surface area contributed by atoms with E-state index < -0.39 is 0 Å². The van der Waals surface area contributed by atoms with Crippen LogP contribution in [0.1, 0.15) is 25.8 Å². The Kier molecular flexibility index (Phi) is 4.35. The normalized spacial score (nSPS) is 21.6. The predicted molar refractivity (Wildman–Crippen MR) is 80.2 cm³/mol. The smallest absolute Gasteiger partial charge is 0.0204 e. The standard InChI is InChI=1S/C18H20/c1-3-15(2)18-12-8-7-11-17(18)14-13-16-9-5-4-6-10-16/h4-14,17H,3H2,1-2H3. The molecular formula is C18H20. The summed E-state index contributed by atoms with van der Waals surface area (Å²) in [5, 5.41) is 0. The van der Waals surface area contributed by atoms with Crippen LogP contribution in [0.5, 0.6) is 0 Å². The monoisotopic (exact) mass is 236 g/mol. The minimum atomic E-state index is 0.412. The maximum atomic E-state index is 2.28. The fraction of sp³-hybridized carbons (Fsp3) is 0.222. The molecular weight excluding hydrogens is 216 g/mol. The molecule has 0 fully saturated rings. The zero-order valence-electron chi connectivity index (χ0n) is 11.1. The Morgan fingerprint density at radius 2 is 1.94 bits per heavy atom. The Hall–Kier alpha value is -1.82. The SMILES string of the molecule is CCC(C)=C1C=CC=CC1C=Cc1ccccc1. The average molecular weight is 236 g/mol. The van der Waals surface area contributed by atoms with E-state index in [1.807, 2.05) is 6.07 Å². The third-order valence-corrected chi connectivity index (χ3v) is 3.38. The molecule has 0 heterocycles. The molecule has 0 radical (unpaired) electrons. The summed E-state index contributed by atoms with van der Waals surface area (Å²) in [4.78, 5) is 0. The Bertz CT molecular complexity index is 498. The number of rotatable bonds is 3. The second-order valence-electron chi connectivity index (χ2n) is 4.63. The molecule has 0 saturated heterocycles. The second kappa shape index (κ2) is 6.20. The van der Waals surface area contributed by atoms with Crippen LogP contribution in [0, 0.1) is 5.92 Å². The first-order chi connectivity index (χ1) is 8.81. The molecule has 0 aromatic heterocycles. The lowest BCUT2D eigenvalue weighted by Crippen LogP contribution is -2.00. The summed E-state index contributed by atoms with van der Waals surface area (Å²) in [6, 6.07) is 10.5. The third-order valence-electron chi connectivity index (χ3n) is 3.38. The van der Waals surface area contributed by atoms with Gasteiger partial charge in [-0.15, -0.1) is 0 Å². The minimum absolute atomic E-state index is 0.412. The van der Waals surface area contributed by atoms with Crippen molar-refractivity contribution < 1.29 is 0 Å². The molecule has 0 nitrogen and oxygen atoms in total. The number of benzene rings is 1. The van der Waals surface area contributed by atoms with Crippen LogP contribution in [0.25, 0.3) is 6.08 Å². The van der Waals surface area contributed by atoms with Crippen LogP contribution in [0.2, 0.25) is 0 Å². The number of hydrogen-bond donors (Lipinski definition) is 0. The van der Waals surface area contributed by atoms with E-state index in [1.165, 1.54) is 16.7 Å². The van der Waals surface area contributed by atoms with Crippen LogP contribution in [0.3, 0.4) is 0 Å². The van der Waals surface area contributed by atoms with Gasteiger partial charge in [0.1, 0.15) is 0 Å². The molecule has 0 aliphatic heterocycles. The summed E-state index contributed by atoms with van der Waals surface area (Å²) in [5.74, 6) is 0.412. The summed E-state index contributed by atoms with van der Waals surface area (Å²) in [6.45, 7) is 4.44. The molecule has 18 heavy (non-hydrogen) atoms. The summed E-state index contributed by atoms with van der Waals surface area (Å²) >= 11 is 0. The lowest BCUT2D eigenvalue weighted by molar-refractivity contribution is 0.936. The quantitative estimate of drug-likeness (QED) is 0.679. The van der Waals surface area contributed by atoms with Crippen molar-refractivity contribution in [3.8, 4) is 0 Å². The molecule has 1 aliphatic carbocycles. The van der Waals surface area contributed by atoms with Crippen LogP contribution < -0.4 is 0 Å². The van der Waals surface area contributed by atoms with Gasteiger partial charge in [0.25, 0.3) is 0 Å². The Balaban J connectivity index is 2.20. The van der Waals surface area contributed by atoms with Gasteiger partial charge in [-0.3, -0.25) is 0 Å². The van der Waals surface area contributed by atoms with E-state index in [-0.39, 0.29) is 0 Å². The van der Waals surface area contributed by atoms with Crippen LogP contribution in [-0.4, -0.2) is 0 Å². The van der Waals surface area contributed by atoms with Gasteiger partial charge in [-0.05, 0) is 24.5 Å². The lowest BCUT2D eigenvalue weighted by Gasteiger charge is -2.16. The molecule has 0 bridgehead atoms. The van der Waals surface area contributed by atoms with E-state index in [9.17, 15) is 0 Å². The van der Waals surface area contributed by atoms with Gasteiger partial charge >= 0.3 is 0 Å². The topological polar surface area (TPSA) is 0 Å². The molecule has 0 saturated carbocycles. The Labute approximate surface area is 110 Å². The molecule has 1 aromatic rings. The predicted octanol–water partition coefficient (Wildman–Crippen LogP) is 5.17. The first kappa shape index (κ1) is 12.6. The first-order valence-corrected chi connectivity index (χ1v) is 6.59. The molecule has 0 amide bonds. The largest absolute Gasteiger partial charge is 0.0732 e. The van der Waals surface area contributed by atoms with Gasteiger partial charge in [-0.2, -0.15) is 0 Å². The summed E-state index contributed by atoms with van der Waals surface area (Å²) in [5.41, 5.74) is 4.17. The van der Waals surface area contributed by atoms with E-state index in [1.54, 1.807) is 0 Å². The number of hydrogen-bond acceptors (Lipinski definition) is 0. The summed E-state index contributed by atoms with van der Waals surface area (Å²) in [7, 11) is 0. The average Bonchev–Trinajstić information content (AvgIpc) is 2.45. The van der Waals surface area contributed by atoms with Gasteiger partial charge in [0, 0.05) is 5.92 Å². The molecule has 1 aromatic carbocycles. The Morgan fingerprint density at radius 3 is 2.67 bits per heavy atom. The van der Waals surface area contributed by atoms with Crippen LogP contribution in [-0.2, 0) is 0 Å². The third kappa shape index (κ3) is 3.10. The van der Waals surface area contributed by atoms with E-state index >= 15 is 0 Å². The highest BCUT2D eigenvalue weighted by Crippen LogP contribution is 2.25. The summed E-state index contributed by atoms with van der Waals surface area (Å²) < 4.78 is 0. The molecule has 0 heteroatoms. The van der Waals surface area contributed by atoms with E-state index in [0.29, 0.717) is 5.92 Å². The van der Waals surface area contributed by atoms with Gasteiger partial charge in [0.2, 0.25) is 0 Å². The van der Waals surface area contributed by atoms with Gasteiger partial charge in [-0.1, -0.05) is 79.3 Å². The fourth-order valence-electron chi connectivity index (χ4n) is 2.14. The van der Waals surface area contributed by atoms with Crippen molar-refractivity contribution in [2.24, 2.45) is 5.92 Å². The second-order valence-corrected chi connectivity index (χ2v) is 4.63. The summed E-state index contributed by atoms with van der Waals surface area (Å²) in [6.07, 6.45) is 14.4. The van der Waals surface area contributed by atoms with Crippen molar-refractivity contribution in [1.29, 1.82) is 0 Å². The zero-order chi connectivity index (χ0) is 12.8. The van der Waals surface area contributed by atoms with Gasteiger partial charge < -0.3 is 0 Å². The van der Waals surface area contributed by atoms with E-state index in [0.717, 1.165) is 6.42 Å². The van der Waals surface area contributed by atoms with Crippen LogP contribution in [0.15, 0.2) is 71.9 Å². The zero-order valence-corrected chi connectivity index (χ0v) is 11.1. The molecule has 1 atom stereocenters. The minimum Gasteiger partial charge on any atom is -0.0732 e. The highest BCUT2D eigenvalue weighted by atomic mass is 14.1. The molecule has 92 valence electrons. The van der Waals surface area contributed by atoms with Gasteiger partial charge in [-0.25, -0.2) is 0 Å². The maximum absolute atomic E-state index is 2.28. The Morgan fingerprint density at radius 1 is 1.17 bits per heavy atom. The van der Waals surface area contributed by atoms with Crippen molar-refractivity contribution in [1.82, 2.24) is 0 Å². The van der Waals surface area contributed by atoms with Crippen molar-refractivity contribution in [3.05, 3.63) is 77.4 Å². The van der Waals surface area contributed by atoms with Gasteiger partial charge in [0.05, 0.1) is 0 Å². The highest BCUT2D eigenvalue weighted by molar-refractivity contribution is 5.52. The molecule has 0 spiro atoms. The molecule has 1 aliphatic rings. The lowest BCUT2D eigenvalue weighted by atomic mass is 9.89. The number of allylic oxidation sites excluding steroid dienone is 7. The molecule has 2 rings (SSSR count). The van der Waals surface area contributed by atoms with Crippen molar-refractivity contribution in [2.75, 3.05) is 0 Å². The first-order valence-electron chi connectivity index (χ1n) is 6.59. The highest BCUT2D eigenvalue weighted by Gasteiger charge is 2.09. The van der Waals surface area contributed by atoms with Crippen molar-refractivity contribution in [3.63, 3.8) is 0 Å². The van der Waals surface area contributed by atoms with Crippen LogP contribution >= 0.6 is 0 Å². The van der Waals surface area contributed by atoms with Crippen molar-refractivity contribution in [2.45, 2.75) is 20.3 Å². The van der Waals surface area contributed by atoms with Gasteiger partial charge in [0.15, 0.2) is 0 Å².